The number of nitrogens with one attached hydrogen (secondary N) is 1. The zero-order valence-electron chi connectivity index (χ0n) is 9.49. The molecule has 1 rings (SSSR count). The molecular weight excluding hydrogens is 178 g/mol. The van der Waals surface area contributed by atoms with Crippen LogP contribution in [0.4, 0.5) is 0 Å². The fraction of sp³-hybridized carbons (Fsp3) is 1.00. The highest BCUT2D eigenvalue weighted by Gasteiger charge is 2.24. The van der Waals surface area contributed by atoms with Crippen LogP contribution < -0.4 is 5.32 Å². The van der Waals surface area contributed by atoms with E-state index in [9.17, 15) is 5.11 Å². The van der Waals surface area contributed by atoms with Gasteiger partial charge in [-0.15, -0.1) is 0 Å². The highest BCUT2D eigenvalue weighted by atomic mass is 16.5. The molecule has 0 aliphatic carbocycles. The molecule has 2 N–H and O–H groups in total. The maximum absolute atomic E-state index is 9.76. The Morgan fingerprint density at radius 1 is 1.57 bits per heavy atom. The van der Waals surface area contributed by atoms with Gasteiger partial charge in [0.15, 0.2) is 0 Å². The third-order valence-corrected chi connectivity index (χ3v) is 3.27. The van der Waals surface area contributed by atoms with E-state index >= 15 is 0 Å². The summed E-state index contributed by atoms with van der Waals surface area (Å²) in [7, 11) is 0. The average molecular weight is 201 g/mol. The van der Waals surface area contributed by atoms with E-state index in [0.717, 1.165) is 19.4 Å². The summed E-state index contributed by atoms with van der Waals surface area (Å²) in [6, 6.07) is 0.425. The molecule has 0 aromatic heterocycles. The first-order chi connectivity index (χ1) is 6.65. The SMILES string of the molecule is CCC(C)C(O)CNC1CCOC1C. The molecule has 0 radical (unpaired) electrons. The molecule has 0 bridgehead atoms. The Kier molecular flexibility index (Phi) is 4.85. The van der Waals surface area contributed by atoms with Crippen molar-refractivity contribution in [3.05, 3.63) is 0 Å². The molecule has 0 aromatic carbocycles. The smallest absolute Gasteiger partial charge is 0.0700 e. The second-order valence-electron chi connectivity index (χ2n) is 4.33. The van der Waals surface area contributed by atoms with Gasteiger partial charge in [-0.05, 0) is 19.3 Å². The minimum atomic E-state index is -0.229. The van der Waals surface area contributed by atoms with Gasteiger partial charge in [0.25, 0.3) is 0 Å². The molecule has 0 saturated carbocycles. The van der Waals surface area contributed by atoms with E-state index in [0.29, 0.717) is 24.6 Å². The van der Waals surface area contributed by atoms with Gasteiger partial charge in [0.05, 0.1) is 12.2 Å². The largest absolute Gasteiger partial charge is 0.392 e. The molecule has 3 heteroatoms. The van der Waals surface area contributed by atoms with Gasteiger partial charge in [0.1, 0.15) is 0 Å². The first-order valence-corrected chi connectivity index (χ1v) is 5.68. The van der Waals surface area contributed by atoms with Crippen molar-refractivity contribution in [1.82, 2.24) is 5.32 Å². The average Bonchev–Trinajstić information content (AvgIpc) is 2.59. The van der Waals surface area contributed by atoms with Crippen LogP contribution in [0.5, 0.6) is 0 Å². The number of aliphatic hydroxyl groups is 1. The van der Waals surface area contributed by atoms with Gasteiger partial charge in [0.2, 0.25) is 0 Å². The maximum atomic E-state index is 9.76. The van der Waals surface area contributed by atoms with E-state index < -0.39 is 0 Å². The molecule has 1 aliphatic rings. The fourth-order valence-electron chi connectivity index (χ4n) is 1.75. The molecule has 1 saturated heterocycles. The Balaban J connectivity index is 2.19. The van der Waals surface area contributed by atoms with Crippen LogP contribution in [0, 0.1) is 5.92 Å². The first-order valence-electron chi connectivity index (χ1n) is 5.68. The van der Waals surface area contributed by atoms with E-state index in [2.05, 4.69) is 26.1 Å². The minimum Gasteiger partial charge on any atom is -0.392 e. The molecule has 4 atom stereocenters. The third-order valence-electron chi connectivity index (χ3n) is 3.27. The lowest BCUT2D eigenvalue weighted by molar-refractivity contribution is 0.0917. The van der Waals surface area contributed by atoms with E-state index in [4.69, 9.17) is 4.74 Å². The molecule has 4 unspecified atom stereocenters. The van der Waals surface area contributed by atoms with Gasteiger partial charge < -0.3 is 15.2 Å². The minimum absolute atomic E-state index is 0.229. The normalized spacial score (nSPS) is 31.7. The van der Waals surface area contributed by atoms with Crippen LogP contribution in [-0.2, 0) is 4.74 Å². The van der Waals surface area contributed by atoms with Gasteiger partial charge >= 0.3 is 0 Å². The fourth-order valence-corrected chi connectivity index (χ4v) is 1.75. The van der Waals surface area contributed by atoms with Crippen molar-refractivity contribution in [2.24, 2.45) is 5.92 Å². The van der Waals surface area contributed by atoms with E-state index in [1.165, 1.54) is 0 Å². The van der Waals surface area contributed by atoms with Crippen molar-refractivity contribution in [2.45, 2.75) is 51.9 Å². The Hall–Kier alpha value is -0.120. The predicted molar refractivity (Wildman–Crippen MR) is 57.3 cm³/mol. The zero-order valence-corrected chi connectivity index (χ0v) is 9.49. The Bertz CT molecular complexity index is 163. The summed E-state index contributed by atoms with van der Waals surface area (Å²) in [5.41, 5.74) is 0. The van der Waals surface area contributed by atoms with Crippen molar-refractivity contribution in [3.8, 4) is 0 Å². The van der Waals surface area contributed by atoms with Gasteiger partial charge in [-0.25, -0.2) is 0 Å². The van der Waals surface area contributed by atoms with Crippen molar-refractivity contribution in [2.75, 3.05) is 13.2 Å². The van der Waals surface area contributed by atoms with E-state index in [-0.39, 0.29) is 6.10 Å². The van der Waals surface area contributed by atoms with Crippen LogP contribution in [0.2, 0.25) is 0 Å². The van der Waals surface area contributed by atoms with E-state index in [1.807, 2.05) is 0 Å². The summed E-state index contributed by atoms with van der Waals surface area (Å²) in [5.74, 6) is 0.375. The maximum Gasteiger partial charge on any atom is 0.0700 e. The molecule has 1 heterocycles. The van der Waals surface area contributed by atoms with Crippen molar-refractivity contribution in [1.29, 1.82) is 0 Å². The Morgan fingerprint density at radius 2 is 2.29 bits per heavy atom. The molecule has 84 valence electrons. The van der Waals surface area contributed by atoms with Crippen LogP contribution in [0.15, 0.2) is 0 Å². The Labute approximate surface area is 86.8 Å². The highest BCUT2D eigenvalue weighted by molar-refractivity contribution is 4.80. The summed E-state index contributed by atoms with van der Waals surface area (Å²) in [5, 5.41) is 13.1. The lowest BCUT2D eigenvalue weighted by Gasteiger charge is -2.21. The first kappa shape index (κ1) is 12.0. The summed E-state index contributed by atoms with van der Waals surface area (Å²) < 4.78 is 5.44. The third kappa shape index (κ3) is 3.23. The van der Waals surface area contributed by atoms with Crippen LogP contribution in [-0.4, -0.2) is 36.5 Å². The second kappa shape index (κ2) is 5.69. The molecular formula is C11H23NO2. The lowest BCUT2D eigenvalue weighted by Crippen LogP contribution is -2.41. The van der Waals surface area contributed by atoms with Crippen LogP contribution in [0.1, 0.15) is 33.6 Å². The molecule has 14 heavy (non-hydrogen) atoms. The number of hydrogen-bond acceptors (Lipinski definition) is 3. The van der Waals surface area contributed by atoms with Gasteiger partial charge in [-0.3, -0.25) is 0 Å². The van der Waals surface area contributed by atoms with Crippen LogP contribution in [0.25, 0.3) is 0 Å². The van der Waals surface area contributed by atoms with E-state index in [1.54, 1.807) is 0 Å². The van der Waals surface area contributed by atoms with Gasteiger partial charge in [-0.1, -0.05) is 20.3 Å². The number of hydrogen-bond donors (Lipinski definition) is 2. The van der Waals surface area contributed by atoms with Crippen molar-refractivity contribution < 1.29 is 9.84 Å². The van der Waals surface area contributed by atoms with Gasteiger partial charge in [-0.2, -0.15) is 0 Å². The topological polar surface area (TPSA) is 41.5 Å². The number of ether oxygens (including phenoxy) is 1. The summed E-state index contributed by atoms with van der Waals surface area (Å²) in [6.45, 7) is 7.81. The molecule has 3 nitrogen and oxygen atoms in total. The monoisotopic (exact) mass is 201 g/mol. The van der Waals surface area contributed by atoms with Gasteiger partial charge in [0, 0.05) is 19.2 Å². The summed E-state index contributed by atoms with van der Waals surface area (Å²) in [6.07, 6.45) is 2.15. The number of rotatable bonds is 5. The molecule has 1 fully saturated rings. The van der Waals surface area contributed by atoms with Crippen LogP contribution in [0.3, 0.4) is 0 Å². The summed E-state index contributed by atoms with van der Waals surface area (Å²) >= 11 is 0. The molecule has 0 amide bonds. The van der Waals surface area contributed by atoms with Crippen molar-refractivity contribution in [3.63, 3.8) is 0 Å². The predicted octanol–water partition coefficient (Wildman–Crippen LogP) is 1.16. The quantitative estimate of drug-likeness (QED) is 0.701. The van der Waals surface area contributed by atoms with Crippen molar-refractivity contribution >= 4 is 0 Å². The summed E-state index contributed by atoms with van der Waals surface area (Å²) in [4.78, 5) is 0. The molecule has 1 aliphatic heterocycles. The second-order valence-corrected chi connectivity index (χ2v) is 4.33. The molecule has 0 aromatic rings. The Morgan fingerprint density at radius 3 is 2.79 bits per heavy atom. The standard InChI is InChI=1S/C11H23NO2/c1-4-8(2)11(13)7-12-10-5-6-14-9(10)3/h8-13H,4-7H2,1-3H3. The van der Waals surface area contributed by atoms with Crippen LogP contribution >= 0.6 is 0 Å². The molecule has 0 spiro atoms. The number of aliphatic hydroxyl groups excluding tert-OH is 1. The zero-order chi connectivity index (χ0) is 10.6. The highest BCUT2D eigenvalue weighted by Crippen LogP contribution is 2.13. The lowest BCUT2D eigenvalue weighted by atomic mass is 10.0.